The first-order valence-corrected chi connectivity index (χ1v) is 8.66. The van der Waals surface area contributed by atoms with Crippen LogP contribution >= 0.6 is 15.9 Å². The lowest BCUT2D eigenvalue weighted by Crippen LogP contribution is -2.35. The number of nitrogens with one attached hydrogen (secondary N) is 1. The van der Waals surface area contributed by atoms with Crippen molar-refractivity contribution in [1.82, 2.24) is 10.2 Å². The van der Waals surface area contributed by atoms with E-state index in [4.69, 9.17) is 14.6 Å². The third kappa shape index (κ3) is 4.34. The lowest BCUT2D eigenvalue weighted by atomic mass is 10.1. The maximum absolute atomic E-state index is 12.2. The van der Waals surface area contributed by atoms with Crippen LogP contribution in [0, 0.1) is 0 Å². The Balaban J connectivity index is 2.33. The Kier molecular flexibility index (Phi) is 6.25. The third-order valence-corrected chi connectivity index (χ3v) is 4.30. The van der Waals surface area contributed by atoms with Crippen molar-refractivity contribution >= 4 is 39.9 Å². The van der Waals surface area contributed by atoms with E-state index in [1.54, 1.807) is 12.1 Å². The van der Waals surface area contributed by atoms with E-state index >= 15 is 0 Å². The molecule has 1 atom stereocenters. The van der Waals surface area contributed by atoms with Gasteiger partial charge in [0.25, 0.3) is 5.91 Å². The molecular weight excluding hydrogens is 408 g/mol. The molecule has 26 heavy (non-hydrogen) atoms. The number of carboxylic acid groups (broad SMARTS) is 1. The fraction of sp³-hybridized carbons (Fsp3) is 0.353. The van der Waals surface area contributed by atoms with Crippen molar-refractivity contribution in [2.24, 2.45) is 0 Å². The Hall–Kier alpha value is -2.55. The number of aliphatic carboxylic acids is 1. The SMILES string of the molecule is CC[C@@H](C)Oc1c(Br)cc(/C=C2/NC(=O)N(CC(=O)O)C2=O)cc1OC. The van der Waals surface area contributed by atoms with Gasteiger partial charge in [-0.2, -0.15) is 0 Å². The highest BCUT2D eigenvalue weighted by atomic mass is 79.9. The van der Waals surface area contributed by atoms with Crippen LogP contribution in [-0.2, 0) is 9.59 Å². The number of hydrogen-bond donors (Lipinski definition) is 2. The molecule has 1 aromatic rings. The molecule has 0 aromatic heterocycles. The Bertz CT molecular complexity index is 777. The predicted octanol–water partition coefficient (Wildman–Crippen LogP) is 2.61. The molecule has 2 rings (SSSR count). The lowest BCUT2D eigenvalue weighted by molar-refractivity contribution is -0.140. The molecule has 3 amide bonds. The molecule has 0 saturated carbocycles. The number of nitrogens with zero attached hydrogens (tertiary/aromatic N) is 1. The van der Waals surface area contributed by atoms with E-state index in [1.165, 1.54) is 13.2 Å². The minimum Gasteiger partial charge on any atom is -0.493 e. The van der Waals surface area contributed by atoms with E-state index < -0.39 is 24.5 Å². The number of halogens is 1. The average molecular weight is 427 g/mol. The number of carbonyl (C=O) groups excluding carboxylic acids is 2. The Morgan fingerprint density at radius 3 is 2.69 bits per heavy atom. The van der Waals surface area contributed by atoms with Crippen LogP contribution in [-0.4, -0.2) is 47.7 Å². The number of benzene rings is 1. The molecular formula is C17H19BrN2O6. The summed E-state index contributed by atoms with van der Waals surface area (Å²) in [6, 6.07) is 2.60. The molecule has 2 N–H and O–H groups in total. The molecule has 1 saturated heterocycles. The second kappa shape index (κ2) is 8.22. The largest absolute Gasteiger partial charge is 0.493 e. The van der Waals surface area contributed by atoms with Gasteiger partial charge in [0.1, 0.15) is 12.2 Å². The van der Waals surface area contributed by atoms with Crippen LogP contribution in [0.1, 0.15) is 25.8 Å². The van der Waals surface area contributed by atoms with Gasteiger partial charge >= 0.3 is 12.0 Å². The number of hydrogen-bond acceptors (Lipinski definition) is 5. The van der Waals surface area contributed by atoms with Crippen molar-refractivity contribution in [3.63, 3.8) is 0 Å². The standard InChI is InChI=1S/C17H19BrN2O6/c1-4-9(2)26-15-11(18)5-10(7-13(15)25-3)6-12-16(23)20(8-14(21)22)17(24)19-12/h5-7,9H,4,8H2,1-3H3,(H,19,24)(H,21,22)/b12-6+/t9-/m1/s1. The summed E-state index contributed by atoms with van der Waals surface area (Å²) < 4.78 is 11.8. The van der Waals surface area contributed by atoms with Gasteiger partial charge in [-0.25, -0.2) is 9.69 Å². The molecule has 1 aliphatic heterocycles. The summed E-state index contributed by atoms with van der Waals surface area (Å²) in [6.07, 6.45) is 2.26. The monoisotopic (exact) mass is 426 g/mol. The summed E-state index contributed by atoms with van der Waals surface area (Å²) in [7, 11) is 1.50. The fourth-order valence-corrected chi connectivity index (χ4v) is 2.79. The van der Waals surface area contributed by atoms with Crippen LogP contribution in [0.3, 0.4) is 0 Å². The number of carbonyl (C=O) groups is 3. The third-order valence-electron chi connectivity index (χ3n) is 3.71. The lowest BCUT2D eigenvalue weighted by Gasteiger charge is -2.17. The van der Waals surface area contributed by atoms with E-state index in [0.29, 0.717) is 26.4 Å². The van der Waals surface area contributed by atoms with Crippen molar-refractivity contribution in [3.05, 3.63) is 27.9 Å². The van der Waals surface area contributed by atoms with Crippen LogP contribution in [0.25, 0.3) is 6.08 Å². The predicted molar refractivity (Wildman–Crippen MR) is 96.9 cm³/mol. The zero-order valence-corrected chi connectivity index (χ0v) is 16.1. The van der Waals surface area contributed by atoms with Gasteiger partial charge in [0.2, 0.25) is 0 Å². The molecule has 0 unspecified atom stereocenters. The van der Waals surface area contributed by atoms with Crippen molar-refractivity contribution < 1.29 is 29.0 Å². The Morgan fingerprint density at radius 1 is 1.42 bits per heavy atom. The molecule has 1 aliphatic rings. The molecule has 9 heteroatoms. The maximum Gasteiger partial charge on any atom is 0.329 e. The first-order chi connectivity index (χ1) is 12.3. The van der Waals surface area contributed by atoms with Crippen LogP contribution in [0.5, 0.6) is 11.5 Å². The molecule has 0 radical (unpaired) electrons. The maximum atomic E-state index is 12.2. The Labute approximate surface area is 158 Å². The summed E-state index contributed by atoms with van der Waals surface area (Å²) in [6.45, 7) is 3.24. The zero-order chi connectivity index (χ0) is 19.4. The summed E-state index contributed by atoms with van der Waals surface area (Å²) in [4.78, 5) is 35.3. The minimum absolute atomic E-state index is 0.00956. The highest BCUT2D eigenvalue weighted by molar-refractivity contribution is 9.10. The molecule has 1 fully saturated rings. The zero-order valence-electron chi connectivity index (χ0n) is 14.5. The minimum atomic E-state index is -1.27. The summed E-state index contributed by atoms with van der Waals surface area (Å²) in [5.41, 5.74) is 0.562. The average Bonchev–Trinajstić information content (AvgIpc) is 2.83. The van der Waals surface area contributed by atoms with Gasteiger partial charge in [0.15, 0.2) is 11.5 Å². The number of urea groups is 1. The second-order valence-corrected chi connectivity index (χ2v) is 6.50. The van der Waals surface area contributed by atoms with Crippen LogP contribution in [0.15, 0.2) is 22.3 Å². The number of imide groups is 1. The van der Waals surface area contributed by atoms with Crippen LogP contribution < -0.4 is 14.8 Å². The molecule has 0 aliphatic carbocycles. The van der Waals surface area contributed by atoms with E-state index in [9.17, 15) is 14.4 Å². The topological polar surface area (TPSA) is 105 Å². The number of methoxy groups -OCH3 is 1. The van der Waals surface area contributed by atoms with Gasteiger partial charge in [-0.1, -0.05) is 6.92 Å². The van der Waals surface area contributed by atoms with Gasteiger partial charge in [-0.05, 0) is 53.0 Å². The highest BCUT2D eigenvalue weighted by Crippen LogP contribution is 2.38. The van der Waals surface area contributed by atoms with E-state index in [-0.39, 0.29) is 11.8 Å². The molecule has 8 nitrogen and oxygen atoms in total. The van der Waals surface area contributed by atoms with E-state index in [2.05, 4.69) is 21.2 Å². The highest BCUT2D eigenvalue weighted by Gasteiger charge is 2.34. The molecule has 1 aromatic carbocycles. The first-order valence-electron chi connectivity index (χ1n) is 7.87. The summed E-state index contributed by atoms with van der Waals surface area (Å²) in [5, 5.41) is 11.2. The van der Waals surface area contributed by atoms with Crippen molar-refractivity contribution in [2.45, 2.75) is 26.4 Å². The van der Waals surface area contributed by atoms with Gasteiger partial charge < -0.3 is 19.9 Å². The molecule has 0 spiro atoms. The molecule has 140 valence electrons. The quantitative estimate of drug-likeness (QED) is 0.512. The fourth-order valence-electron chi connectivity index (χ4n) is 2.24. The van der Waals surface area contributed by atoms with Gasteiger partial charge in [-0.15, -0.1) is 0 Å². The number of ether oxygens (including phenoxy) is 2. The van der Waals surface area contributed by atoms with E-state index in [0.717, 1.165) is 6.42 Å². The summed E-state index contributed by atoms with van der Waals surface area (Å²) in [5.74, 6) is -0.970. The Morgan fingerprint density at radius 2 is 2.12 bits per heavy atom. The smallest absolute Gasteiger partial charge is 0.329 e. The second-order valence-electron chi connectivity index (χ2n) is 5.64. The van der Waals surface area contributed by atoms with Crippen LogP contribution in [0.4, 0.5) is 4.79 Å². The normalized spacial score (nSPS) is 16.6. The number of amides is 3. The van der Waals surface area contributed by atoms with Crippen LogP contribution in [0.2, 0.25) is 0 Å². The van der Waals surface area contributed by atoms with Gasteiger partial charge in [0.05, 0.1) is 17.7 Å². The number of rotatable bonds is 7. The van der Waals surface area contributed by atoms with Gasteiger partial charge in [-0.3, -0.25) is 9.59 Å². The first kappa shape index (κ1) is 19.8. The van der Waals surface area contributed by atoms with Crippen molar-refractivity contribution in [2.75, 3.05) is 13.7 Å². The molecule has 1 heterocycles. The van der Waals surface area contributed by atoms with Crippen molar-refractivity contribution in [1.29, 1.82) is 0 Å². The molecule has 0 bridgehead atoms. The van der Waals surface area contributed by atoms with Gasteiger partial charge in [0, 0.05) is 0 Å². The van der Waals surface area contributed by atoms with E-state index in [1.807, 2.05) is 13.8 Å². The number of carboxylic acids is 1. The van der Waals surface area contributed by atoms with Crippen molar-refractivity contribution in [3.8, 4) is 11.5 Å². The summed E-state index contributed by atoms with van der Waals surface area (Å²) >= 11 is 3.42.